The van der Waals surface area contributed by atoms with Crippen LogP contribution in [-0.4, -0.2) is 46.4 Å². The van der Waals surface area contributed by atoms with E-state index in [9.17, 15) is 8.78 Å². The van der Waals surface area contributed by atoms with Crippen LogP contribution in [-0.2, 0) is 11.2 Å². The van der Waals surface area contributed by atoms with Gasteiger partial charge in [0.2, 0.25) is 0 Å². The lowest BCUT2D eigenvalue weighted by molar-refractivity contribution is 0.122. The van der Waals surface area contributed by atoms with Gasteiger partial charge in [-0.05, 0) is 55.4 Å². The van der Waals surface area contributed by atoms with Gasteiger partial charge in [-0.15, -0.1) is 0 Å². The Hall–Kier alpha value is -2.44. The number of hydrogen-bond acceptors (Lipinski definition) is 4. The van der Waals surface area contributed by atoms with E-state index >= 15 is 0 Å². The monoisotopic (exact) mass is 387 g/mol. The Morgan fingerprint density at radius 1 is 1.14 bits per heavy atom. The van der Waals surface area contributed by atoms with Crippen molar-refractivity contribution in [3.63, 3.8) is 0 Å². The molecule has 1 aliphatic heterocycles. The molecule has 0 saturated carbocycles. The molecule has 0 amide bonds. The van der Waals surface area contributed by atoms with E-state index in [1.165, 1.54) is 17.8 Å². The van der Waals surface area contributed by atoms with Gasteiger partial charge >= 0.3 is 0 Å². The van der Waals surface area contributed by atoms with E-state index in [4.69, 9.17) is 4.74 Å². The fourth-order valence-corrected chi connectivity index (χ4v) is 3.46. The lowest BCUT2D eigenvalue weighted by Crippen LogP contribution is -2.37. The maximum absolute atomic E-state index is 13.5. The van der Waals surface area contributed by atoms with Crippen molar-refractivity contribution in [2.45, 2.75) is 12.5 Å². The molecule has 0 aliphatic carbocycles. The quantitative estimate of drug-likeness (QED) is 0.786. The maximum atomic E-state index is 13.5. The third-order valence-corrected chi connectivity index (χ3v) is 5.16. The lowest BCUT2D eigenvalue weighted by Gasteiger charge is -2.31. The van der Waals surface area contributed by atoms with E-state index in [0.29, 0.717) is 12.0 Å². The van der Waals surface area contributed by atoms with Crippen LogP contribution in [0.15, 0.2) is 54.7 Å². The Labute approximate surface area is 165 Å². The third-order valence-electron chi connectivity index (χ3n) is 5.16. The molecule has 1 heterocycles. The minimum Gasteiger partial charge on any atom is -0.378 e. The van der Waals surface area contributed by atoms with Gasteiger partial charge in [0.05, 0.1) is 19.3 Å². The van der Waals surface area contributed by atoms with Crippen LogP contribution < -0.4 is 15.1 Å². The summed E-state index contributed by atoms with van der Waals surface area (Å²) in [6, 6.07) is 11.8. The van der Waals surface area contributed by atoms with Gasteiger partial charge < -0.3 is 19.9 Å². The molecule has 2 aromatic carbocycles. The zero-order valence-electron chi connectivity index (χ0n) is 16.4. The summed E-state index contributed by atoms with van der Waals surface area (Å²) in [7, 11) is 3.77. The zero-order chi connectivity index (χ0) is 20.1. The summed E-state index contributed by atoms with van der Waals surface area (Å²) in [6.07, 6.45) is 0.445. The van der Waals surface area contributed by atoms with Crippen molar-refractivity contribution in [1.29, 1.82) is 0 Å². The van der Waals surface area contributed by atoms with Crippen LogP contribution in [0.4, 0.5) is 20.2 Å². The highest BCUT2D eigenvalue weighted by atomic mass is 19.1. The van der Waals surface area contributed by atoms with Crippen molar-refractivity contribution >= 4 is 11.4 Å². The van der Waals surface area contributed by atoms with Gasteiger partial charge in [0.25, 0.3) is 0 Å². The summed E-state index contributed by atoms with van der Waals surface area (Å²) in [5.74, 6) is -1.13. The molecule has 1 fully saturated rings. The van der Waals surface area contributed by atoms with E-state index in [1.807, 2.05) is 19.0 Å². The zero-order valence-corrected chi connectivity index (χ0v) is 16.4. The fraction of sp³-hybridized carbons (Fsp3) is 0.364. The molecule has 28 heavy (non-hydrogen) atoms. The van der Waals surface area contributed by atoms with Crippen LogP contribution in [0.3, 0.4) is 0 Å². The molecule has 0 unspecified atom stereocenters. The number of nitrogens with zero attached hydrogens (tertiary/aromatic N) is 2. The van der Waals surface area contributed by atoms with E-state index < -0.39 is 11.6 Å². The van der Waals surface area contributed by atoms with Crippen molar-refractivity contribution in [2.24, 2.45) is 0 Å². The first-order valence-corrected chi connectivity index (χ1v) is 9.45. The molecule has 150 valence electrons. The lowest BCUT2D eigenvalue weighted by atomic mass is 10.0. The standard InChI is InChI=1S/C22H27F2N3O/c1-16(22(25-2)14-17-12-18(23)15-19(24)13-17)26(3)20-4-6-21(7-5-20)27-8-10-28-11-9-27/h4-7,12-13,15,22,25H,1,8-11,14H2,2-3H3/t22-/m0/s1. The van der Waals surface area contributed by atoms with Crippen LogP contribution >= 0.6 is 0 Å². The molecule has 0 spiro atoms. The number of hydrogen-bond donors (Lipinski definition) is 1. The summed E-state index contributed by atoms with van der Waals surface area (Å²) >= 11 is 0. The predicted molar refractivity (Wildman–Crippen MR) is 110 cm³/mol. The van der Waals surface area contributed by atoms with Crippen LogP contribution in [0.5, 0.6) is 0 Å². The van der Waals surface area contributed by atoms with Crippen molar-refractivity contribution < 1.29 is 13.5 Å². The average Bonchev–Trinajstić information content (AvgIpc) is 2.71. The van der Waals surface area contributed by atoms with E-state index in [0.717, 1.165) is 43.8 Å². The molecule has 0 aromatic heterocycles. The molecule has 3 rings (SSSR count). The molecule has 6 heteroatoms. The number of nitrogens with one attached hydrogen (secondary N) is 1. The largest absolute Gasteiger partial charge is 0.378 e. The van der Waals surface area contributed by atoms with Gasteiger partial charge in [0.15, 0.2) is 0 Å². The Morgan fingerprint density at radius 3 is 2.32 bits per heavy atom. The summed E-state index contributed by atoms with van der Waals surface area (Å²) in [5, 5.41) is 3.19. The number of ether oxygens (including phenoxy) is 1. The van der Waals surface area contributed by atoms with Crippen LogP contribution in [0, 0.1) is 11.6 Å². The second-order valence-electron chi connectivity index (χ2n) is 6.99. The number of morpholine rings is 1. The number of benzene rings is 2. The number of halogens is 2. The van der Waals surface area contributed by atoms with Gasteiger partial charge in [0.1, 0.15) is 11.6 Å². The number of rotatable bonds is 7. The molecule has 1 aliphatic rings. The Morgan fingerprint density at radius 2 is 1.75 bits per heavy atom. The van der Waals surface area contributed by atoms with Gasteiger partial charge in [-0.25, -0.2) is 8.78 Å². The average molecular weight is 387 g/mol. The normalized spacial score (nSPS) is 15.4. The highest BCUT2D eigenvalue weighted by molar-refractivity contribution is 5.59. The van der Waals surface area contributed by atoms with Crippen molar-refractivity contribution in [3.8, 4) is 0 Å². The van der Waals surface area contributed by atoms with Gasteiger partial charge in [-0.2, -0.15) is 0 Å². The van der Waals surface area contributed by atoms with E-state index in [2.05, 4.69) is 41.1 Å². The SMILES string of the molecule is C=C([C@H](Cc1cc(F)cc(F)c1)NC)N(C)c1ccc(N2CCOCC2)cc1. The highest BCUT2D eigenvalue weighted by Crippen LogP contribution is 2.24. The topological polar surface area (TPSA) is 27.7 Å². The molecular formula is C22H27F2N3O. The van der Waals surface area contributed by atoms with Gasteiger partial charge in [0, 0.05) is 43.3 Å². The first-order valence-electron chi connectivity index (χ1n) is 9.45. The Balaban J connectivity index is 1.69. The molecule has 4 nitrogen and oxygen atoms in total. The number of anilines is 2. The van der Waals surface area contributed by atoms with Crippen LogP contribution in [0.25, 0.3) is 0 Å². The minimum absolute atomic E-state index is 0.148. The Bertz CT molecular complexity index is 784. The summed E-state index contributed by atoms with van der Waals surface area (Å²) in [4.78, 5) is 4.30. The highest BCUT2D eigenvalue weighted by Gasteiger charge is 2.18. The number of likely N-dealkylation sites (N-methyl/N-ethyl adjacent to an activating group) is 2. The van der Waals surface area contributed by atoms with Gasteiger partial charge in [-0.1, -0.05) is 6.58 Å². The molecule has 1 saturated heterocycles. The Kier molecular flexibility index (Phi) is 6.65. The second-order valence-corrected chi connectivity index (χ2v) is 6.99. The van der Waals surface area contributed by atoms with Crippen molar-refractivity contribution in [1.82, 2.24) is 5.32 Å². The second kappa shape index (κ2) is 9.17. The molecule has 2 aromatic rings. The third kappa shape index (κ3) is 4.88. The molecular weight excluding hydrogens is 360 g/mol. The molecule has 0 bridgehead atoms. The van der Waals surface area contributed by atoms with Crippen molar-refractivity contribution in [3.05, 3.63) is 71.9 Å². The first-order chi connectivity index (χ1) is 13.5. The van der Waals surface area contributed by atoms with E-state index in [-0.39, 0.29) is 6.04 Å². The first kappa shape index (κ1) is 20.3. The summed E-state index contributed by atoms with van der Waals surface area (Å²) in [6.45, 7) is 7.50. The van der Waals surface area contributed by atoms with Gasteiger partial charge in [-0.3, -0.25) is 0 Å². The van der Waals surface area contributed by atoms with Crippen molar-refractivity contribution in [2.75, 3.05) is 50.2 Å². The molecule has 0 radical (unpaired) electrons. The smallest absolute Gasteiger partial charge is 0.126 e. The summed E-state index contributed by atoms with van der Waals surface area (Å²) < 4.78 is 32.4. The summed E-state index contributed by atoms with van der Waals surface area (Å²) in [5.41, 5.74) is 3.60. The minimum atomic E-state index is -0.567. The van der Waals surface area contributed by atoms with Crippen LogP contribution in [0.2, 0.25) is 0 Å². The predicted octanol–water partition coefficient (Wildman–Crippen LogP) is 3.58. The maximum Gasteiger partial charge on any atom is 0.126 e. The van der Waals surface area contributed by atoms with E-state index in [1.54, 1.807) is 0 Å². The molecule has 1 N–H and O–H groups in total. The van der Waals surface area contributed by atoms with Crippen LogP contribution in [0.1, 0.15) is 5.56 Å². The molecule has 1 atom stereocenters. The fourth-order valence-electron chi connectivity index (χ4n) is 3.46.